The molecule has 1 aliphatic rings. The molecule has 0 radical (unpaired) electrons. The number of likely N-dealkylation sites (tertiary alicyclic amines) is 1. The highest BCUT2D eigenvalue weighted by Gasteiger charge is 2.19. The van der Waals surface area contributed by atoms with Gasteiger partial charge >= 0.3 is 0 Å². The first-order chi connectivity index (χ1) is 10.5. The number of rotatable bonds is 5. The maximum atomic E-state index is 12.1. The van der Waals surface area contributed by atoms with Gasteiger partial charge in [0.05, 0.1) is 0 Å². The van der Waals surface area contributed by atoms with Gasteiger partial charge in [0.1, 0.15) is 0 Å². The Bertz CT molecular complexity index is 522. The maximum absolute atomic E-state index is 12.1. The predicted molar refractivity (Wildman–Crippen MR) is 88.8 cm³/mol. The van der Waals surface area contributed by atoms with Gasteiger partial charge in [-0.15, -0.1) is 0 Å². The SMILES string of the molecule is CC(=O)Nc1cccc(NCCC(=O)N2CCC(C)CC2)c1. The summed E-state index contributed by atoms with van der Waals surface area (Å²) in [6, 6.07) is 7.51. The Morgan fingerprint density at radius 3 is 2.59 bits per heavy atom. The maximum Gasteiger partial charge on any atom is 0.224 e. The third kappa shape index (κ3) is 5.06. The molecule has 2 rings (SSSR count). The zero-order valence-electron chi connectivity index (χ0n) is 13.4. The normalized spacial score (nSPS) is 15.5. The number of nitrogens with zero attached hydrogens (tertiary/aromatic N) is 1. The quantitative estimate of drug-likeness (QED) is 0.879. The van der Waals surface area contributed by atoms with Gasteiger partial charge in [-0.2, -0.15) is 0 Å². The largest absolute Gasteiger partial charge is 0.384 e. The molecule has 1 heterocycles. The molecule has 0 atom stereocenters. The Labute approximate surface area is 132 Å². The van der Waals surface area contributed by atoms with Crippen molar-refractivity contribution in [3.05, 3.63) is 24.3 Å². The Morgan fingerprint density at radius 1 is 1.23 bits per heavy atom. The standard InChI is InChI=1S/C17H25N3O2/c1-13-7-10-20(11-8-13)17(22)6-9-18-15-4-3-5-16(12-15)19-14(2)21/h3-5,12-13,18H,6-11H2,1-2H3,(H,19,21). The van der Waals surface area contributed by atoms with E-state index in [0.717, 1.165) is 43.2 Å². The number of anilines is 2. The lowest BCUT2D eigenvalue weighted by Crippen LogP contribution is -2.38. The molecule has 0 unspecified atom stereocenters. The average Bonchev–Trinajstić information content (AvgIpc) is 2.47. The minimum atomic E-state index is -0.0911. The van der Waals surface area contributed by atoms with Crippen LogP contribution in [-0.4, -0.2) is 36.3 Å². The number of carbonyl (C=O) groups excluding carboxylic acids is 2. The summed E-state index contributed by atoms with van der Waals surface area (Å²) >= 11 is 0. The van der Waals surface area contributed by atoms with Crippen molar-refractivity contribution in [2.24, 2.45) is 5.92 Å². The fourth-order valence-electron chi connectivity index (χ4n) is 2.64. The molecule has 1 aromatic rings. The lowest BCUT2D eigenvalue weighted by atomic mass is 9.99. The predicted octanol–water partition coefficient (Wildman–Crippen LogP) is 2.71. The van der Waals surface area contributed by atoms with Crippen LogP contribution in [0.15, 0.2) is 24.3 Å². The highest BCUT2D eigenvalue weighted by molar-refractivity contribution is 5.89. The van der Waals surface area contributed by atoms with Crippen molar-refractivity contribution in [1.29, 1.82) is 0 Å². The minimum absolute atomic E-state index is 0.0911. The first-order valence-electron chi connectivity index (χ1n) is 7.94. The van der Waals surface area contributed by atoms with Crippen LogP contribution in [0.5, 0.6) is 0 Å². The zero-order valence-corrected chi connectivity index (χ0v) is 13.4. The number of hydrogen-bond donors (Lipinski definition) is 2. The molecule has 0 saturated carbocycles. The first kappa shape index (κ1) is 16.3. The molecule has 22 heavy (non-hydrogen) atoms. The molecule has 1 aromatic carbocycles. The molecule has 2 amide bonds. The smallest absolute Gasteiger partial charge is 0.224 e. The second-order valence-electron chi connectivity index (χ2n) is 6.00. The summed E-state index contributed by atoms with van der Waals surface area (Å²) in [6.45, 7) is 6.11. The minimum Gasteiger partial charge on any atom is -0.384 e. The number of piperidine rings is 1. The van der Waals surface area contributed by atoms with E-state index in [0.29, 0.717) is 13.0 Å². The molecule has 1 aliphatic heterocycles. The fourth-order valence-corrected chi connectivity index (χ4v) is 2.64. The lowest BCUT2D eigenvalue weighted by molar-refractivity contribution is -0.132. The molecule has 0 aliphatic carbocycles. The molecule has 2 N–H and O–H groups in total. The first-order valence-corrected chi connectivity index (χ1v) is 7.94. The summed E-state index contributed by atoms with van der Waals surface area (Å²) in [5, 5.41) is 5.98. The average molecular weight is 303 g/mol. The van der Waals surface area contributed by atoms with Crippen LogP contribution in [0.2, 0.25) is 0 Å². The van der Waals surface area contributed by atoms with Crippen molar-refractivity contribution in [3.8, 4) is 0 Å². The Kier molecular flexibility index (Phi) is 5.81. The van der Waals surface area contributed by atoms with E-state index in [1.54, 1.807) is 0 Å². The van der Waals surface area contributed by atoms with Crippen LogP contribution in [0.4, 0.5) is 11.4 Å². The van der Waals surface area contributed by atoms with Crippen LogP contribution in [0.25, 0.3) is 0 Å². The molecule has 120 valence electrons. The monoisotopic (exact) mass is 303 g/mol. The summed E-state index contributed by atoms with van der Waals surface area (Å²) in [6.07, 6.45) is 2.72. The molecule has 1 saturated heterocycles. The van der Waals surface area contributed by atoms with E-state index >= 15 is 0 Å². The Balaban J connectivity index is 1.76. The number of hydrogen-bond acceptors (Lipinski definition) is 3. The lowest BCUT2D eigenvalue weighted by Gasteiger charge is -2.30. The third-order valence-corrected chi connectivity index (χ3v) is 3.99. The fraction of sp³-hybridized carbons (Fsp3) is 0.529. The molecule has 0 aromatic heterocycles. The van der Waals surface area contributed by atoms with E-state index in [-0.39, 0.29) is 11.8 Å². The van der Waals surface area contributed by atoms with Gasteiger partial charge in [0.25, 0.3) is 0 Å². The van der Waals surface area contributed by atoms with E-state index in [1.165, 1.54) is 6.92 Å². The van der Waals surface area contributed by atoms with Crippen molar-refractivity contribution >= 4 is 23.2 Å². The van der Waals surface area contributed by atoms with Crippen molar-refractivity contribution < 1.29 is 9.59 Å². The second kappa shape index (κ2) is 7.82. The van der Waals surface area contributed by atoms with Crippen molar-refractivity contribution in [3.63, 3.8) is 0 Å². The number of amides is 2. The third-order valence-electron chi connectivity index (χ3n) is 3.99. The number of carbonyl (C=O) groups is 2. The van der Waals surface area contributed by atoms with Gasteiger partial charge in [0.2, 0.25) is 11.8 Å². The van der Waals surface area contributed by atoms with Gasteiger partial charge in [-0.3, -0.25) is 9.59 Å². The van der Waals surface area contributed by atoms with Crippen LogP contribution >= 0.6 is 0 Å². The zero-order chi connectivity index (χ0) is 15.9. The Hall–Kier alpha value is -2.04. The molecule has 0 spiro atoms. The second-order valence-corrected chi connectivity index (χ2v) is 6.00. The summed E-state index contributed by atoms with van der Waals surface area (Å²) in [4.78, 5) is 25.1. The highest BCUT2D eigenvalue weighted by Crippen LogP contribution is 2.17. The van der Waals surface area contributed by atoms with Gasteiger partial charge in [-0.05, 0) is 37.0 Å². The molecule has 1 fully saturated rings. The van der Waals surface area contributed by atoms with E-state index in [9.17, 15) is 9.59 Å². The van der Waals surface area contributed by atoms with E-state index < -0.39 is 0 Å². The molecular weight excluding hydrogens is 278 g/mol. The van der Waals surface area contributed by atoms with Gasteiger partial charge < -0.3 is 15.5 Å². The summed E-state index contributed by atoms with van der Waals surface area (Å²) < 4.78 is 0. The molecule has 0 bridgehead atoms. The van der Waals surface area contributed by atoms with Crippen molar-refractivity contribution in [2.75, 3.05) is 30.3 Å². The molecular formula is C17H25N3O2. The van der Waals surface area contributed by atoms with Crippen LogP contribution in [0.3, 0.4) is 0 Å². The van der Waals surface area contributed by atoms with Crippen molar-refractivity contribution in [2.45, 2.75) is 33.1 Å². The van der Waals surface area contributed by atoms with E-state index in [2.05, 4.69) is 17.6 Å². The van der Waals surface area contributed by atoms with Crippen molar-refractivity contribution in [1.82, 2.24) is 4.90 Å². The van der Waals surface area contributed by atoms with Crippen LogP contribution < -0.4 is 10.6 Å². The van der Waals surface area contributed by atoms with Gasteiger partial charge in [0.15, 0.2) is 0 Å². The van der Waals surface area contributed by atoms with E-state index in [1.807, 2.05) is 29.2 Å². The van der Waals surface area contributed by atoms with Gasteiger partial charge in [-0.1, -0.05) is 13.0 Å². The number of benzene rings is 1. The van der Waals surface area contributed by atoms with E-state index in [4.69, 9.17) is 0 Å². The van der Waals surface area contributed by atoms with Gasteiger partial charge in [0, 0.05) is 44.4 Å². The summed E-state index contributed by atoms with van der Waals surface area (Å²) in [5.74, 6) is 0.864. The molecule has 5 heteroatoms. The van der Waals surface area contributed by atoms with Crippen LogP contribution in [0, 0.1) is 5.92 Å². The Morgan fingerprint density at radius 2 is 1.91 bits per heavy atom. The van der Waals surface area contributed by atoms with Crippen LogP contribution in [0.1, 0.15) is 33.1 Å². The highest BCUT2D eigenvalue weighted by atomic mass is 16.2. The number of nitrogens with one attached hydrogen (secondary N) is 2. The topological polar surface area (TPSA) is 61.4 Å². The van der Waals surface area contributed by atoms with Crippen LogP contribution in [-0.2, 0) is 9.59 Å². The summed E-state index contributed by atoms with van der Waals surface area (Å²) in [7, 11) is 0. The van der Waals surface area contributed by atoms with Gasteiger partial charge in [-0.25, -0.2) is 0 Å². The molecule has 5 nitrogen and oxygen atoms in total. The summed E-state index contributed by atoms with van der Waals surface area (Å²) in [5.41, 5.74) is 1.67.